The normalized spacial score (nSPS) is 16.5. The maximum atomic E-state index is 12.0. The van der Waals surface area contributed by atoms with Gasteiger partial charge in [0.2, 0.25) is 0 Å². The van der Waals surface area contributed by atoms with Crippen molar-refractivity contribution in [2.75, 3.05) is 12.3 Å². The quantitative estimate of drug-likeness (QED) is 0.644. The summed E-state index contributed by atoms with van der Waals surface area (Å²) < 4.78 is 0.929. The summed E-state index contributed by atoms with van der Waals surface area (Å²) in [4.78, 5) is 12.0. The van der Waals surface area contributed by atoms with Gasteiger partial charge in [-0.05, 0) is 59.5 Å². The summed E-state index contributed by atoms with van der Waals surface area (Å²) in [7, 11) is 0. The Morgan fingerprint density at radius 1 is 1.33 bits per heavy atom. The number of hydrogen-bond donors (Lipinski definition) is 2. The van der Waals surface area contributed by atoms with Crippen LogP contribution in [0.15, 0.2) is 18.2 Å². The van der Waals surface area contributed by atoms with Gasteiger partial charge in [-0.1, -0.05) is 19.3 Å². The Balaban J connectivity index is 1.88. The molecule has 4 heteroatoms. The van der Waals surface area contributed by atoms with Crippen LogP contribution < -0.4 is 11.1 Å². The van der Waals surface area contributed by atoms with Crippen LogP contribution in [0, 0.1) is 9.49 Å². The molecule has 1 saturated carbocycles. The predicted molar refractivity (Wildman–Crippen MR) is 82.5 cm³/mol. The molecule has 1 aliphatic rings. The lowest BCUT2D eigenvalue weighted by molar-refractivity contribution is 0.0943. The first kappa shape index (κ1) is 13.6. The molecular weight excluding hydrogens is 339 g/mol. The Morgan fingerprint density at radius 2 is 2.06 bits per heavy atom. The van der Waals surface area contributed by atoms with E-state index >= 15 is 0 Å². The van der Waals surface area contributed by atoms with Crippen molar-refractivity contribution in [1.29, 1.82) is 0 Å². The summed E-state index contributed by atoms with van der Waals surface area (Å²) in [6, 6.07) is 5.41. The molecular formula is C14H19IN2O. The Hall–Kier alpha value is -0.780. The van der Waals surface area contributed by atoms with Gasteiger partial charge < -0.3 is 11.1 Å². The third-order valence-corrected chi connectivity index (χ3v) is 4.47. The fourth-order valence-electron chi connectivity index (χ4n) is 2.40. The van der Waals surface area contributed by atoms with Gasteiger partial charge in [0.05, 0.1) is 0 Å². The predicted octanol–water partition coefficient (Wildman–Crippen LogP) is 3.18. The van der Waals surface area contributed by atoms with Crippen LogP contribution in [0.1, 0.15) is 42.5 Å². The molecule has 3 N–H and O–H groups in total. The van der Waals surface area contributed by atoms with Gasteiger partial charge in [-0.3, -0.25) is 4.79 Å². The van der Waals surface area contributed by atoms with Crippen molar-refractivity contribution in [3.05, 3.63) is 27.3 Å². The number of anilines is 1. The molecule has 0 radical (unpaired) electrons. The van der Waals surface area contributed by atoms with Crippen LogP contribution in [-0.2, 0) is 0 Å². The lowest BCUT2D eigenvalue weighted by Crippen LogP contribution is -2.30. The van der Waals surface area contributed by atoms with Crippen LogP contribution >= 0.6 is 22.6 Å². The number of rotatable bonds is 3. The largest absolute Gasteiger partial charge is 0.398 e. The second kappa shape index (κ2) is 6.41. The minimum absolute atomic E-state index is 0.0125. The van der Waals surface area contributed by atoms with E-state index in [-0.39, 0.29) is 5.91 Å². The molecule has 0 unspecified atom stereocenters. The SMILES string of the molecule is Nc1ccc(C(=O)NCC2CCCCC2)cc1I. The first-order chi connectivity index (χ1) is 8.66. The van der Waals surface area contributed by atoms with Crippen LogP contribution in [0.3, 0.4) is 0 Å². The lowest BCUT2D eigenvalue weighted by atomic mass is 9.89. The van der Waals surface area contributed by atoms with E-state index < -0.39 is 0 Å². The average molecular weight is 358 g/mol. The highest BCUT2D eigenvalue weighted by Gasteiger charge is 2.15. The van der Waals surface area contributed by atoms with Crippen molar-refractivity contribution < 1.29 is 4.79 Å². The van der Waals surface area contributed by atoms with Crippen molar-refractivity contribution >= 4 is 34.2 Å². The number of carbonyl (C=O) groups excluding carboxylic acids is 1. The Labute approximate surface area is 122 Å². The van der Waals surface area contributed by atoms with Crippen LogP contribution in [0.5, 0.6) is 0 Å². The van der Waals surface area contributed by atoms with Crippen molar-refractivity contribution in [2.45, 2.75) is 32.1 Å². The van der Waals surface area contributed by atoms with Gasteiger partial charge >= 0.3 is 0 Å². The second-order valence-electron chi connectivity index (χ2n) is 4.95. The third-order valence-electron chi connectivity index (χ3n) is 3.54. The highest BCUT2D eigenvalue weighted by molar-refractivity contribution is 14.1. The van der Waals surface area contributed by atoms with E-state index in [1.807, 2.05) is 6.07 Å². The van der Waals surface area contributed by atoms with Crippen LogP contribution in [0.25, 0.3) is 0 Å². The molecule has 1 fully saturated rings. The van der Waals surface area contributed by atoms with Crippen molar-refractivity contribution in [3.63, 3.8) is 0 Å². The van der Waals surface area contributed by atoms with E-state index in [4.69, 9.17) is 5.73 Å². The minimum atomic E-state index is 0.0125. The molecule has 0 heterocycles. The van der Waals surface area contributed by atoms with E-state index in [2.05, 4.69) is 27.9 Å². The summed E-state index contributed by atoms with van der Waals surface area (Å²) in [6.07, 6.45) is 6.46. The molecule has 1 aromatic rings. The van der Waals surface area contributed by atoms with E-state index in [0.29, 0.717) is 11.5 Å². The molecule has 1 aromatic carbocycles. The van der Waals surface area contributed by atoms with E-state index in [0.717, 1.165) is 15.8 Å². The van der Waals surface area contributed by atoms with Gasteiger partial charge in [-0.25, -0.2) is 0 Å². The van der Waals surface area contributed by atoms with Gasteiger partial charge in [0.25, 0.3) is 5.91 Å². The van der Waals surface area contributed by atoms with Crippen molar-refractivity contribution in [2.24, 2.45) is 5.92 Å². The molecule has 98 valence electrons. The summed E-state index contributed by atoms with van der Waals surface area (Å²) in [5.74, 6) is 0.675. The zero-order valence-corrected chi connectivity index (χ0v) is 12.6. The second-order valence-corrected chi connectivity index (χ2v) is 6.11. The van der Waals surface area contributed by atoms with E-state index in [1.54, 1.807) is 12.1 Å². The molecule has 3 nitrogen and oxygen atoms in total. The molecule has 0 saturated heterocycles. The van der Waals surface area contributed by atoms with E-state index in [9.17, 15) is 4.79 Å². The van der Waals surface area contributed by atoms with Gasteiger partial charge in [0.1, 0.15) is 0 Å². The maximum Gasteiger partial charge on any atom is 0.251 e. The lowest BCUT2D eigenvalue weighted by Gasteiger charge is -2.21. The molecule has 18 heavy (non-hydrogen) atoms. The smallest absolute Gasteiger partial charge is 0.251 e. The molecule has 0 aliphatic heterocycles. The maximum absolute atomic E-state index is 12.0. The number of nitrogens with one attached hydrogen (secondary N) is 1. The summed E-state index contributed by atoms with van der Waals surface area (Å²) in [6.45, 7) is 0.805. The minimum Gasteiger partial charge on any atom is -0.398 e. The molecule has 0 bridgehead atoms. The topological polar surface area (TPSA) is 55.1 Å². The molecule has 0 aromatic heterocycles. The van der Waals surface area contributed by atoms with Crippen LogP contribution in [-0.4, -0.2) is 12.5 Å². The molecule has 0 spiro atoms. The van der Waals surface area contributed by atoms with Crippen LogP contribution in [0.4, 0.5) is 5.69 Å². The highest BCUT2D eigenvalue weighted by Crippen LogP contribution is 2.23. The molecule has 1 aliphatic carbocycles. The number of nitrogens with two attached hydrogens (primary N) is 1. The standard InChI is InChI=1S/C14H19IN2O/c15-12-8-11(6-7-13(12)16)14(18)17-9-10-4-2-1-3-5-10/h6-8,10H,1-5,9,16H2,(H,17,18). The van der Waals surface area contributed by atoms with Gasteiger partial charge in [-0.2, -0.15) is 0 Å². The van der Waals surface area contributed by atoms with Crippen molar-refractivity contribution in [3.8, 4) is 0 Å². The highest BCUT2D eigenvalue weighted by atomic mass is 127. The zero-order valence-electron chi connectivity index (χ0n) is 10.4. The van der Waals surface area contributed by atoms with Gasteiger partial charge in [0, 0.05) is 21.4 Å². The number of nitrogen functional groups attached to an aromatic ring is 1. The fraction of sp³-hybridized carbons (Fsp3) is 0.500. The zero-order chi connectivity index (χ0) is 13.0. The third kappa shape index (κ3) is 3.60. The van der Waals surface area contributed by atoms with Gasteiger partial charge in [0.15, 0.2) is 0 Å². The molecule has 0 atom stereocenters. The first-order valence-corrected chi connectivity index (χ1v) is 7.58. The van der Waals surface area contributed by atoms with E-state index in [1.165, 1.54) is 32.1 Å². The molecule has 1 amide bonds. The fourth-order valence-corrected chi connectivity index (χ4v) is 2.91. The number of carbonyl (C=O) groups is 1. The molecule has 2 rings (SSSR count). The number of benzene rings is 1. The van der Waals surface area contributed by atoms with Gasteiger partial charge in [-0.15, -0.1) is 0 Å². The number of amides is 1. The van der Waals surface area contributed by atoms with Crippen molar-refractivity contribution in [1.82, 2.24) is 5.32 Å². The summed E-state index contributed by atoms with van der Waals surface area (Å²) in [5.41, 5.74) is 7.16. The Kier molecular flexibility index (Phi) is 4.86. The monoisotopic (exact) mass is 358 g/mol. The summed E-state index contributed by atoms with van der Waals surface area (Å²) in [5, 5.41) is 3.03. The summed E-state index contributed by atoms with van der Waals surface area (Å²) >= 11 is 2.15. The Morgan fingerprint density at radius 3 is 2.72 bits per heavy atom. The number of hydrogen-bond acceptors (Lipinski definition) is 2. The average Bonchev–Trinajstić information content (AvgIpc) is 2.40. The first-order valence-electron chi connectivity index (χ1n) is 6.50. The Bertz CT molecular complexity index is 428. The van der Waals surface area contributed by atoms with Crippen LogP contribution in [0.2, 0.25) is 0 Å². The number of halogens is 1.